The molecule has 2 heterocycles. The normalized spacial score (nSPS) is 21.4. The van der Waals surface area contributed by atoms with Gasteiger partial charge in [0.25, 0.3) is 5.91 Å². The summed E-state index contributed by atoms with van der Waals surface area (Å²) in [7, 11) is 0. The fraction of sp³-hybridized carbons (Fsp3) is 0.353. The van der Waals surface area contributed by atoms with E-state index in [2.05, 4.69) is 11.9 Å². The van der Waals surface area contributed by atoms with Gasteiger partial charge >= 0.3 is 0 Å². The number of nitrogens with one attached hydrogen (secondary N) is 1. The maximum atomic E-state index is 12.6. The highest BCUT2D eigenvalue weighted by atomic mass is 16.2. The molecule has 1 aromatic carbocycles. The van der Waals surface area contributed by atoms with Gasteiger partial charge in [0.05, 0.1) is 0 Å². The third kappa shape index (κ3) is 2.32. The van der Waals surface area contributed by atoms with E-state index in [1.807, 2.05) is 19.1 Å². The molecule has 0 aromatic heterocycles. The van der Waals surface area contributed by atoms with Crippen molar-refractivity contribution < 1.29 is 14.4 Å². The van der Waals surface area contributed by atoms with Crippen molar-refractivity contribution in [2.45, 2.75) is 38.8 Å². The van der Waals surface area contributed by atoms with Gasteiger partial charge in [-0.3, -0.25) is 19.7 Å². The van der Waals surface area contributed by atoms with Crippen LogP contribution in [-0.2, 0) is 16.1 Å². The van der Waals surface area contributed by atoms with Crippen LogP contribution < -0.4 is 5.32 Å². The summed E-state index contributed by atoms with van der Waals surface area (Å²) >= 11 is 0. The Morgan fingerprint density at radius 3 is 2.82 bits per heavy atom. The van der Waals surface area contributed by atoms with Gasteiger partial charge in [0, 0.05) is 18.5 Å². The molecule has 5 heteroatoms. The maximum absolute atomic E-state index is 12.6. The summed E-state index contributed by atoms with van der Waals surface area (Å²) in [6.07, 6.45) is 1.45. The van der Waals surface area contributed by atoms with Crippen LogP contribution in [0.4, 0.5) is 0 Å². The van der Waals surface area contributed by atoms with Crippen molar-refractivity contribution in [2.75, 3.05) is 0 Å². The van der Waals surface area contributed by atoms with Crippen molar-refractivity contribution in [1.29, 1.82) is 0 Å². The van der Waals surface area contributed by atoms with Gasteiger partial charge in [-0.05, 0) is 37.0 Å². The van der Waals surface area contributed by atoms with Crippen molar-refractivity contribution in [3.8, 4) is 0 Å². The van der Waals surface area contributed by atoms with E-state index in [9.17, 15) is 14.4 Å². The highest BCUT2D eigenvalue weighted by Gasteiger charge is 2.38. The number of hydrogen-bond acceptors (Lipinski definition) is 3. The second-order valence-corrected chi connectivity index (χ2v) is 5.87. The summed E-state index contributed by atoms with van der Waals surface area (Å²) in [6, 6.07) is 4.98. The summed E-state index contributed by atoms with van der Waals surface area (Å²) in [5.41, 5.74) is 3.40. The Bertz CT molecular complexity index is 693. The van der Waals surface area contributed by atoms with Crippen LogP contribution in [0.25, 0.3) is 5.57 Å². The van der Waals surface area contributed by atoms with Crippen LogP contribution in [0.3, 0.4) is 0 Å². The van der Waals surface area contributed by atoms with Crippen LogP contribution in [0.2, 0.25) is 0 Å². The molecule has 0 bridgehead atoms. The van der Waals surface area contributed by atoms with Crippen molar-refractivity contribution in [3.63, 3.8) is 0 Å². The largest absolute Gasteiger partial charge is 0.322 e. The maximum Gasteiger partial charge on any atom is 0.255 e. The lowest BCUT2D eigenvalue weighted by molar-refractivity contribution is -0.132. The standard InChI is InChI=1S/C17H18N2O3/c1-10(2)11-5-3-6-12-13(11)9-19(17(12)22)14-7-4-8-15(20)18-16(14)21/h3,5-6,14H,1,4,7-9H2,2H3,(H,18,20,21)/t14-/m0/s1. The molecule has 3 amide bonds. The van der Waals surface area contributed by atoms with E-state index in [1.54, 1.807) is 11.0 Å². The zero-order chi connectivity index (χ0) is 15.9. The number of imide groups is 1. The number of hydrogen-bond donors (Lipinski definition) is 1. The predicted molar refractivity (Wildman–Crippen MR) is 81.8 cm³/mol. The van der Waals surface area contributed by atoms with E-state index in [0.29, 0.717) is 31.4 Å². The van der Waals surface area contributed by atoms with E-state index in [1.165, 1.54) is 0 Å². The molecule has 1 fully saturated rings. The summed E-state index contributed by atoms with van der Waals surface area (Å²) in [4.78, 5) is 37.8. The van der Waals surface area contributed by atoms with E-state index in [0.717, 1.165) is 16.7 Å². The van der Waals surface area contributed by atoms with Gasteiger partial charge in [0.15, 0.2) is 0 Å². The molecule has 1 saturated heterocycles. The molecule has 1 aromatic rings. The molecule has 0 saturated carbocycles. The quantitative estimate of drug-likeness (QED) is 0.848. The second-order valence-electron chi connectivity index (χ2n) is 5.87. The number of amides is 3. The smallest absolute Gasteiger partial charge is 0.255 e. The molecular weight excluding hydrogens is 280 g/mol. The lowest BCUT2D eigenvalue weighted by atomic mass is 9.99. The number of allylic oxidation sites excluding steroid dienone is 1. The van der Waals surface area contributed by atoms with Gasteiger partial charge < -0.3 is 4.90 Å². The topological polar surface area (TPSA) is 66.5 Å². The molecular formula is C17H18N2O3. The van der Waals surface area contributed by atoms with E-state index < -0.39 is 6.04 Å². The Balaban J connectivity index is 1.93. The average Bonchev–Trinajstić information content (AvgIpc) is 2.70. The number of nitrogens with zero attached hydrogens (tertiary/aromatic N) is 1. The van der Waals surface area contributed by atoms with E-state index >= 15 is 0 Å². The Morgan fingerprint density at radius 2 is 2.09 bits per heavy atom. The van der Waals surface area contributed by atoms with Gasteiger partial charge in [-0.2, -0.15) is 0 Å². The molecule has 2 aliphatic heterocycles. The molecule has 1 N–H and O–H groups in total. The zero-order valence-corrected chi connectivity index (χ0v) is 12.5. The summed E-state index contributed by atoms with van der Waals surface area (Å²) in [6.45, 7) is 6.25. The fourth-order valence-electron chi connectivity index (χ4n) is 3.17. The van der Waals surface area contributed by atoms with E-state index in [4.69, 9.17) is 0 Å². The van der Waals surface area contributed by atoms with Gasteiger partial charge in [0.2, 0.25) is 11.8 Å². The van der Waals surface area contributed by atoms with Crippen molar-refractivity contribution in [3.05, 3.63) is 41.5 Å². The molecule has 3 rings (SSSR count). The highest BCUT2D eigenvalue weighted by Crippen LogP contribution is 2.32. The van der Waals surface area contributed by atoms with Crippen molar-refractivity contribution >= 4 is 23.3 Å². The number of fused-ring (bicyclic) bond motifs is 1. The lowest BCUT2D eigenvalue weighted by Crippen LogP contribution is -2.46. The number of carbonyl (C=O) groups is 3. The van der Waals surface area contributed by atoms with Gasteiger partial charge in [-0.15, -0.1) is 0 Å². The Labute approximate surface area is 129 Å². The first-order valence-corrected chi connectivity index (χ1v) is 7.41. The summed E-state index contributed by atoms with van der Waals surface area (Å²) in [5.74, 6) is -0.785. The minimum Gasteiger partial charge on any atom is -0.322 e. The van der Waals surface area contributed by atoms with Gasteiger partial charge in [0.1, 0.15) is 6.04 Å². The minimum atomic E-state index is -0.579. The van der Waals surface area contributed by atoms with Crippen LogP contribution >= 0.6 is 0 Å². The molecule has 0 unspecified atom stereocenters. The monoisotopic (exact) mass is 298 g/mol. The van der Waals surface area contributed by atoms with Crippen molar-refractivity contribution in [1.82, 2.24) is 10.2 Å². The van der Waals surface area contributed by atoms with Crippen LogP contribution in [-0.4, -0.2) is 28.7 Å². The third-order valence-electron chi connectivity index (χ3n) is 4.28. The second kappa shape index (κ2) is 5.40. The van der Waals surface area contributed by atoms with Gasteiger partial charge in [-0.1, -0.05) is 24.3 Å². The van der Waals surface area contributed by atoms with Crippen LogP contribution in [0.5, 0.6) is 0 Å². The molecule has 2 aliphatic rings. The van der Waals surface area contributed by atoms with Crippen LogP contribution in [0, 0.1) is 0 Å². The SMILES string of the molecule is C=C(C)c1cccc2c1CN([C@H]1CCCC(=O)NC1=O)C2=O. The number of carbonyl (C=O) groups excluding carboxylic acids is 3. The average molecular weight is 298 g/mol. The van der Waals surface area contributed by atoms with Crippen molar-refractivity contribution in [2.24, 2.45) is 0 Å². The summed E-state index contributed by atoms with van der Waals surface area (Å²) in [5, 5.41) is 2.36. The molecule has 22 heavy (non-hydrogen) atoms. The highest BCUT2D eigenvalue weighted by molar-refractivity contribution is 6.05. The Hall–Kier alpha value is -2.43. The predicted octanol–water partition coefficient (Wildman–Crippen LogP) is 1.87. The molecule has 0 spiro atoms. The molecule has 1 atom stereocenters. The first kappa shape index (κ1) is 14.5. The summed E-state index contributed by atoms with van der Waals surface area (Å²) < 4.78 is 0. The molecule has 5 nitrogen and oxygen atoms in total. The van der Waals surface area contributed by atoms with Crippen LogP contribution in [0.15, 0.2) is 24.8 Å². The zero-order valence-electron chi connectivity index (χ0n) is 12.5. The molecule has 114 valence electrons. The first-order chi connectivity index (χ1) is 10.5. The number of rotatable bonds is 2. The van der Waals surface area contributed by atoms with Crippen LogP contribution in [0.1, 0.15) is 47.7 Å². The minimum absolute atomic E-state index is 0.146. The van der Waals surface area contributed by atoms with Gasteiger partial charge in [-0.25, -0.2) is 0 Å². The lowest BCUT2D eigenvalue weighted by Gasteiger charge is -2.24. The molecule has 0 radical (unpaired) electrons. The number of benzene rings is 1. The first-order valence-electron chi connectivity index (χ1n) is 7.41. The molecule has 0 aliphatic carbocycles. The Morgan fingerprint density at radius 1 is 1.32 bits per heavy atom. The third-order valence-corrected chi connectivity index (χ3v) is 4.28. The Kier molecular flexibility index (Phi) is 3.56. The van der Waals surface area contributed by atoms with E-state index in [-0.39, 0.29) is 17.7 Å². The fourth-order valence-corrected chi connectivity index (χ4v) is 3.17.